The molecule has 4 fully saturated rings. The normalized spacial score (nSPS) is 30.1. The summed E-state index contributed by atoms with van der Waals surface area (Å²) in [7, 11) is 0. The summed E-state index contributed by atoms with van der Waals surface area (Å²) in [5, 5.41) is 9.65. The molecule has 246 valence electrons. The van der Waals surface area contributed by atoms with Crippen LogP contribution in [0.4, 0.5) is 0 Å². The third-order valence-electron chi connectivity index (χ3n) is 12.3. The number of ether oxygens (including phenoxy) is 2. The fourth-order valence-electron chi connectivity index (χ4n) is 9.70. The standard InChI is InChI=1S/C39H72O3/c1-31(2)20-16-12-8-6-4-3-5-7-10-14-18-26-41-30-33(29-40)42-27-19-15-11-9-13-17-21-32-22-23-36-37(28-32)39-35-25-24-34(35)38(36)39/h31-40H,3-30H2,1-2H3/t32?,33-,34?,35?,36?,37?,38?,39?/m0/s1. The summed E-state index contributed by atoms with van der Waals surface area (Å²) in [5.41, 5.74) is 0. The zero-order chi connectivity index (χ0) is 29.4. The Balaban J connectivity index is 0.840. The Bertz CT molecular complexity index is 673. The average Bonchev–Trinajstić information content (AvgIpc) is 2.97. The molecule has 4 rings (SSSR count). The molecular formula is C39H72O3. The zero-order valence-electron chi connectivity index (χ0n) is 28.3. The van der Waals surface area contributed by atoms with Crippen LogP contribution < -0.4 is 0 Å². The molecule has 0 saturated heterocycles. The molecule has 1 N–H and O–H groups in total. The number of rotatable bonds is 27. The van der Waals surface area contributed by atoms with Crippen LogP contribution in [0.1, 0.15) is 168 Å². The van der Waals surface area contributed by atoms with Crippen LogP contribution >= 0.6 is 0 Å². The van der Waals surface area contributed by atoms with E-state index in [1.54, 1.807) is 32.1 Å². The second-order valence-electron chi connectivity index (χ2n) is 15.8. The van der Waals surface area contributed by atoms with Crippen LogP contribution in [0.15, 0.2) is 0 Å². The number of hydrogen-bond donors (Lipinski definition) is 1. The molecule has 0 amide bonds. The van der Waals surface area contributed by atoms with Gasteiger partial charge in [-0.15, -0.1) is 0 Å². The van der Waals surface area contributed by atoms with Gasteiger partial charge in [0.15, 0.2) is 0 Å². The first-order chi connectivity index (χ1) is 20.7. The SMILES string of the molecule is CC(C)CCCCCCCCCCCCCOC[C@H](CO)OCCCCCCCCC1CCC2C(C1)C1C3CCC3C21. The lowest BCUT2D eigenvalue weighted by Crippen LogP contribution is -2.69. The molecule has 4 saturated carbocycles. The third-order valence-corrected chi connectivity index (χ3v) is 12.3. The number of hydrogen-bond acceptors (Lipinski definition) is 3. The second-order valence-corrected chi connectivity index (χ2v) is 15.8. The third kappa shape index (κ3) is 11.0. The summed E-state index contributed by atoms with van der Waals surface area (Å²) >= 11 is 0. The van der Waals surface area contributed by atoms with Gasteiger partial charge >= 0.3 is 0 Å². The van der Waals surface area contributed by atoms with Crippen LogP contribution in [0.3, 0.4) is 0 Å². The highest BCUT2D eigenvalue weighted by molar-refractivity contribution is 5.16. The second kappa shape index (κ2) is 20.1. The number of aliphatic hydroxyl groups excluding tert-OH is 1. The van der Waals surface area contributed by atoms with Gasteiger partial charge in [0.25, 0.3) is 0 Å². The van der Waals surface area contributed by atoms with E-state index >= 15 is 0 Å². The van der Waals surface area contributed by atoms with Crippen LogP contribution in [0.5, 0.6) is 0 Å². The summed E-state index contributed by atoms with van der Waals surface area (Å²) in [4.78, 5) is 0. The van der Waals surface area contributed by atoms with Crippen molar-refractivity contribution in [2.24, 2.45) is 47.3 Å². The summed E-state index contributed by atoms with van der Waals surface area (Å²) in [6.07, 6.45) is 33.7. The predicted molar refractivity (Wildman–Crippen MR) is 178 cm³/mol. The van der Waals surface area contributed by atoms with Crippen molar-refractivity contribution in [1.29, 1.82) is 0 Å². The highest BCUT2D eigenvalue weighted by Gasteiger charge is 2.68. The van der Waals surface area contributed by atoms with E-state index in [9.17, 15) is 5.11 Å². The lowest BCUT2D eigenvalue weighted by Gasteiger charge is -2.74. The van der Waals surface area contributed by atoms with E-state index in [1.165, 1.54) is 139 Å². The molecule has 0 aromatic carbocycles. The molecule has 0 aromatic rings. The highest BCUT2D eigenvalue weighted by atomic mass is 16.5. The first-order valence-corrected chi connectivity index (χ1v) is 19.5. The Morgan fingerprint density at radius 1 is 0.571 bits per heavy atom. The van der Waals surface area contributed by atoms with Crippen LogP contribution in [-0.2, 0) is 9.47 Å². The van der Waals surface area contributed by atoms with Crippen molar-refractivity contribution >= 4 is 0 Å². The summed E-state index contributed by atoms with van der Waals surface area (Å²) in [5.74, 6) is 9.05. The molecule has 3 nitrogen and oxygen atoms in total. The number of unbranched alkanes of at least 4 members (excludes halogenated alkanes) is 15. The smallest absolute Gasteiger partial charge is 0.104 e. The van der Waals surface area contributed by atoms with E-state index in [0.29, 0.717) is 6.61 Å². The molecule has 0 radical (unpaired) electrons. The van der Waals surface area contributed by atoms with Crippen molar-refractivity contribution in [2.75, 3.05) is 26.4 Å². The van der Waals surface area contributed by atoms with Crippen LogP contribution in [0, 0.1) is 47.3 Å². The topological polar surface area (TPSA) is 38.7 Å². The highest BCUT2D eigenvalue weighted by Crippen LogP contribution is 2.74. The summed E-state index contributed by atoms with van der Waals surface area (Å²) < 4.78 is 11.7. The molecule has 3 heteroatoms. The predicted octanol–water partition coefficient (Wildman–Crippen LogP) is 10.8. The van der Waals surface area contributed by atoms with Gasteiger partial charge < -0.3 is 14.6 Å². The molecule has 4 aliphatic rings. The van der Waals surface area contributed by atoms with Gasteiger partial charge in [0.2, 0.25) is 0 Å². The minimum Gasteiger partial charge on any atom is -0.394 e. The van der Waals surface area contributed by atoms with E-state index in [1.807, 2.05) is 0 Å². The monoisotopic (exact) mass is 589 g/mol. The summed E-state index contributed by atoms with van der Waals surface area (Å²) in [6, 6.07) is 0. The largest absolute Gasteiger partial charge is 0.394 e. The molecule has 4 aliphatic carbocycles. The van der Waals surface area contributed by atoms with E-state index < -0.39 is 0 Å². The van der Waals surface area contributed by atoms with E-state index in [2.05, 4.69) is 13.8 Å². The first-order valence-electron chi connectivity index (χ1n) is 19.5. The quantitative estimate of drug-likeness (QED) is 0.0970. The molecule has 0 bridgehead atoms. The van der Waals surface area contributed by atoms with E-state index in [4.69, 9.17) is 9.47 Å². The van der Waals surface area contributed by atoms with Gasteiger partial charge in [0, 0.05) is 13.2 Å². The van der Waals surface area contributed by atoms with Crippen molar-refractivity contribution in [3.05, 3.63) is 0 Å². The molecule has 8 atom stereocenters. The first kappa shape index (κ1) is 34.7. The van der Waals surface area contributed by atoms with Crippen LogP contribution in [0.25, 0.3) is 0 Å². The number of fused-ring (bicyclic) bond motifs is 7. The minimum atomic E-state index is -0.147. The van der Waals surface area contributed by atoms with Crippen LogP contribution in [-0.4, -0.2) is 37.6 Å². The Morgan fingerprint density at radius 3 is 1.67 bits per heavy atom. The Hall–Kier alpha value is -0.120. The molecule has 42 heavy (non-hydrogen) atoms. The zero-order valence-corrected chi connectivity index (χ0v) is 28.3. The van der Waals surface area contributed by atoms with Crippen molar-refractivity contribution in [3.63, 3.8) is 0 Å². The molecule has 0 aliphatic heterocycles. The van der Waals surface area contributed by atoms with Gasteiger partial charge in [0.1, 0.15) is 6.10 Å². The van der Waals surface area contributed by atoms with Gasteiger partial charge in [-0.25, -0.2) is 0 Å². The molecule has 0 aromatic heterocycles. The van der Waals surface area contributed by atoms with Gasteiger partial charge in [-0.05, 0) is 85.9 Å². The average molecular weight is 589 g/mol. The fraction of sp³-hybridized carbons (Fsp3) is 1.00. The maximum atomic E-state index is 9.65. The van der Waals surface area contributed by atoms with Crippen molar-refractivity contribution < 1.29 is 14.6 Å². The van der Waals surface area contributed by atoms with Gasteiger partial charge in [-0.2, -0.15) is 0 Å². The van der Waals surface area contributed by atoms with Crippen molar-refractivity contribution in [1.82, 2.24) is 0 Å². The van der Waals surface area contributed by atoms with Crippen LogP contribution in [0.2, 0.25) is 0 Å². The van der Waals surface area contributed by atoms with Gasteiger partial charge in [-0.1, -0.05) is 129 Å². The van der Waals surface area contributed by atoms with Crippen molar-refractivity contribution in [3.8, 4) is 0 Å². The summed E-state index contributed by atoms with van der Waals surface area (Å²) in [6.45, 7) is 6.85. The number of aliphatic hydroxyl groups is 1. The van der Waals surface area contributed by atoms with E-state index in [-0.39, 0.29) is 12.7 Å². The lowest BCUT2D eigenvalue weighted by molar-refractivity contribution is -0.264. The van der Waals surface area contributed by atoms with Gasteiger partial charge in [-0.3, -0.25) is 0 Å². The Morgan fingerprint density at radius 2 is 1.07 bits per heavy atom. The molecule has 7 unspecified atom stereocenters. The molecular weight excluding hydrogens is 516 g/mol. The van der Waals surface area contributed by atoms with Gasteiger partial charge in [0.05, 0.1) is 13.2 Å². The van der Waals surface area contributed by atoms with E-state index in [0.717, 1.165) is 43.8 Å². The van der Waals surface area contributed by atoms with Crippen molar-refractivity contribution in [2.45, 2.75) is 174 Å². The maximum Gasteiger partial charge on any atom is 0.104 e. The lowest BCUT2D eigenvalue weighted by atomic mass is 9.30. The Labute approximate surface area is 262 Å². The molecule has 0 spiro atoms. The minimum absolute atomic E-state index is 0.0726. The fourth-order valence-corrected chi connectivity index (χ4v) is 9.70. The molecule has 0 heterocycles. The maximum absolute atomic E-state index is 9.65. The Kier molecular flexibility index (Phi) is 16.6.